The summed E-state index contributed by atoms with van der Waals surface area (Å²) in [7, 11) is 0. The molecule has 144 valence electrons. The summed E-state index contributed by atoms with van der Waals surface area (Å²) in [5, 5.41) is 10.8. The van der Waals surface area contributed by atoms with Gasteiger partial charge in [0.2, 0.25) is 5.91 Å². The summed E-state index contributed by atoms with van der Waals surface area (Å²) in [6.45, 7) is 2.98. The molecule has 1 atom stereocenters. The Labute approximate surface area is 163 Å². The standard InChI is InChI=1S/C22H23FN4O/c23-18-8-6-17(7-9-18)21(16-4-2-1-3-5-16)13-22(28)25-14-19-12-20-15-24-10-11-27(20)26-19/h1-9,12,21,24H,10-11,13-15H2,(H,25,28)/t21-/m0/s1. The number of nitrogens with one attached hydrogen (secondary N) is 2. The fraction of sp³-hybridized carbons (Fsp3) is 0.273. The van der Waals surface area contributed by atoms with Crippen LogP contribution in [0.25, 0.3) is 0 Å². The number of amides is 1. The molecule has 2 N–H and O–H groups in total. The molecular formula is C22H23FN4O. The molecule has 0 saturated carbocycles. The summed E-state index contributed by atoms with van der Waals surface area (Å²) in [6.07, 6.45) is 0.296. The molecule has 0 fully saturated rings. The zero-order valence-corrected chi connectivity index (χ0v) is 15.6. The molecule has 0 bridgehead atoms. The molecule has 28 heavy (non-hydrogen) atoms. The normalized spacial score (nSPS) is 14.3. The summed E-state index contributed by atoms with van der Waals surface area (Å²) < 4.78 is 15.3. The summed E-state index contributed by atoms with van der Waals surface area (Å²) in [5.41, 5.74) is 3.97. The van der Waals surface area contributed by atoms with Crippen molar-refractivity contribution in [3.63, 3.8) is 0 Å². The third kappa shape index (κ3) is 4.28. The van der Waals surface area contributed by atoms with Gasteiger partial charge in [0.25, 0.3) is 0 Å². The summed E-state index contributed by atoms with van der Waals surface area (Å²) in [4.78, 5) is 12.7. The van der Waals surface area contributed by atoms with Crippen LogP contribution in [0.15, 0.2) is 60.7 Å². The van der Waals surface area contributed by atoms with Crippen molar-refractivity contribution in [3.05, 3.63) is 89.0 Å². The maximum Gasteiger partial charge on any atom is 0.221 e. The maximum absolute atomic E-state index is 13.3. The highest BCUT2D eigenvalue weighted by Crippen LogP contribution is 2.28. The van der Waals surface area contributed by atoms with Crippen molar-refractivity contribution in [3.8, 4) is 0 Å². The van der Waals surface area contributed by atoms with Crippen LogP contribution in [0.2, 0.25) is 0 Å². The average molecular weight is 378 g/mol. The lowest BCUT2D eigenvalue weighted by Crippen LogP contribution is -2.28. The number of carbonyl (C=O) groups is 1. The second kappa shape index (κ2) is 8.35. The van der Waals surface area contributed by atoms with E-state index in [9.17, 15) is 9.18 Å². The van der Waals surface area contributed by atoms with Crippen LogP contribution in [0.4, 0.5) is 4.39 Å². The van der Waals surface area contributed by atoms with Crippen molar-refractivity contribution < 1.29 is 9.18 Å². The first kappa shape index (κ1) is 18.4. The van der Waals surface area contributed by atoms with E-state index < -0.39 is 0 Å². The molecule has 1 aliphatic rings. The first-order chi connectivity index (χ1) is 13.7. The van der Waals surface area contributed by atoms with Gasteiger partial charge in [0.05, 0.1) is 24.5 Å². The van der Waals surface area contributed by atoms with Gasteiger partial charge >= 0.3 is 0 Å². The van der Waals surface area contributed by atoms with Crippen LogP contribution >= 0.6 is 0 Å². The number of halogens is 1. The van der Waals surface area contributed by atoms with Crippen molar-refractivity contribution in [1.29, 1.82) is 0 Å². The highest BCUT2D eigenvalue weighted by Gasteiger charge is 2.19. The predicted octanol–water partition coefficient (Wildman–Crippen LogP) is 2.96. The van der Waals surface area contributed by atoms with E-state index in [1.165, 1.54) is 12.1 Å². The number of hydrogen-bond acceptors (Lipinski definition) is 3. The lowest BCUT2D eigenvalue weighted by Gasteiger charge is -2.18. The Hall–Kier alpha value is -2.99. The van der Waals surface area contributed by atoms with E-state index >= 15 is 0 Å². The third-order valence-corrected chi connectivity index (χ3v) is 5.05. The predicted molar refractivity (Wildman–Crippen MR) is 105 cm³/mol. The van der Waals surface area contributed by atoms with Crippen LogP contribution < -0.4 is 10.6 Å². The molecular weight excluding hydrogens is 355 g/mol. The molecule has 1 amide bonds. The number of hydrogen-bond donors (Lipinski definition) is 2. The Morgan fingerprint density at radius 2 is 1.89 bits per heavy atom. The highest BCUT2D eigenvalue weighted by molar-refractivity contribution is 5.77. The van der Waals surface area contributed by atoms with Gasteiger partial charge in [0.1, 0.15) is 5.82 Å². The molecule has 0 spiro atoms. The van der Waals surface area contributed by atoms with Gasteiger partial charge in [-0.05, 0) is 29.3 Å². The second-order valence-corrected chi connectivity index (χ2v) is 7.02. The van der Waals surface area contributed by atoms with Gasteiger partial charge in [-0.3, -0.25) is 9.48 Å². The van der Waals surface area contributed by atoms with E-state index in [-0.39, 0.29) is 17.6 Å². The van der Waals surface area contributed by atoms with Crippen LogP contribution in [0.3, 0.4) is 0 Å². The highest BCUT2D eigenvalue weighted by atomic mass is 19.1. The Kier molecular flexibility index (Phi) is 5.48. The smallest absolute Gasteiger partial charge is 0.221 e. The summed E-state index contributed by atoms with van der Waals surface area (Å²) >= 11 is 0. The molecule has 1 aliphatic heterocycles. The Morgan fingerprint density at radius 1 is 1.14 bits per heavy atom. The van der Waals surface area contributed by atoms with Gasteiger partial charge in [-0.25, -0.2) is 4.39 Å². The molecule has 0 radical (unpaired) electrons. The van der Waals surface area contributed by atoms with E-state index in [1.54, 1.807) is 12.1 Å². The zero-order valence-electron chi connectivity index (χ0n) is 15.6. The molecule has 2 heterocycles. The fourth-order valence-corrected chi connectivity index (χ4v) is 3.59. The average Bonchev–Trinajstić information content (AvgIpc) is 3.15. The molecule has 2 aromatic carbocycles. The van der Waals surface area contributed by atoms with Crippen molar-refractivity contribution in [2.24, 2.45) is 0 Å². The summed E-state index contributed by atoms with van der Waals surface area (Å²) in [5.74, 6) is -0.457. The van der Waals surface area contributed by atoms with E-state index in [0.29, 0.717) is 13.0 Å². The molecule has 6 heteroatoms. The van der Waals surface area contributed by atoms with Gasteiger partial charge in [-0.1, -0.05) is 42.5 Å². The number of aromatic nitrogens is 2. The first-order valence-electron chi connectivity index (χ1n) is 9.52. The van der Waals surface area contributed by atoms with Gasteiger partial charge in [-0.15, -0.1) is 0 Å². The minimum Gasteiger partial charge on any atom is -0.350 e. The third-order valence-electron chi connectivity index (χ3n) is 5.05. The fourth-order valence-electron chi connectivity index (χ4n) is 3.59. The number of benzene rings is 2. The number of carbonyl (C=O) groups excluding carboxylic acids is 1. The lowest BCUT2D eigenvalue weighted by atomic mass is 9.88. The Balaban J connectivity index is 1.44. The molecule has 0 unspecified atom stereocenters. The van der Waals surface area contributed by atoms with Crippen molar-refractivity contribution in [2.45, 2.75) is 32.0 Å². The van der Waals surface area contributed by atoms with E-state index in [1.807, 2.05) is 41.1 Å². The van der Waals surface area contributed by atoms with Crippen LogP contribution in [0.1, 0.15) is 34.9 Å². The maximum atomic E-state index is 13.3. The largest absolute Gasteiger partial charge is 0.350 e. The molecule has 4 rings (SSSR count). The topological polar surface area (TPSA) is 59.0 Å². The van der Waals surface area contributed by atoms with Gasteiger partial charge < -0.3 is 10.6 Å². The van der Waals surface area contributed by atoms with Crippen LogP contribution in [0, 0.1) is 5.82 Å². The molecule has 5 nitrogen and oxygen atoms in total. The van der Waals surface area contributed by atoms with Crippen molar-refractivity contribution in [2.75, 3.05) is 6.54 Å². The molecule has 1 aromatic heterocycles. The second-order valence-electron chi connectivity index (χ2n) is 7.02. The molecule has 3 aromatic rings. The van der Waals surface area contributed by atoms with Gasteiger partial charge in [0.15, 0.2) is 0 Å². The van der Waals surface area contributed by atoms with Crippen LogP contribution in [0.5, 0.6) is 0 Å². The van der Waals surface area contributed by atoms with E-state index in [0.717, 1.165) is 42.1 Å². The molecule has 0 aliphatic carbocycles. The number of fused-ring (bicyclic) bond motifs is 1. The van der Waals surface area contributed by atoms with Gasteiger partial charge in [-0.2, -0.15) is 5.10 Å². The number of nitrogens with zero attached hydrogens (tertiary/aromatic N) is 2. The van der Waals surface area contributed by atoms with Gasteiger partial charge in [0, 0.05) is 25.4 Å². The zero-order chi connectivity index (χ0) is 19.3. The number of rotatable bonds is 6. The van der Waals surface area contributed by atoms with Crippen LogP contribution in [-0.2, 0) is 24.4 Å². The minimum atomic E-state index is -0.279. The SMILES string of the molecule is O=C(C[C@@H](c1ccccc1)c1ccc(F)cc1)NCc1cc2n(n1)CCNC2. The van der Waals surface area contributed by atoms with E-state index in [2.05, 4.69) is 15.7 Å². The molecule has 0 saturated heterocycles. The van der Waals surface area contributed by atoms with Crippen LogP contribution in [-0.4, -0.2) is 22.2 Å². The Bertz CT molecular complexity index is 913. The quantitative estimate of drug-likeness (QED) is 0.693. The van der Waals surface area contributed by atoms with Crippen molar-refractivity contribution >= 4 is 5.91 Å². The summed E-state index contributed by atoms with van der Waals surface area (Å²) in [6, 6.07) is 18.2. The van der Waals surface area contributed by atoms with Crippen molar-refractivity contribution in [1.82, 2.24) is 20.4 Å². The minimum absolute atomic E-state index is 0.0534. The monoisotopic (exact) mass is 378 g/mol. The Morgan fingerprint density at radius 3 is 2.64 bits per heavy atom. The van der Waals surface area contributed by atoms with E-state index in [4.69, 9.17) is 0 Å². The lowest BCUT2D eigenvalue weighted by molar-refractivity contribution is -0.121. The first-order valence-corrected chi connectivity index (χ1v) is 9.52.